The number of hydrogen-bond donors (Lipinski definition) is 1. The van der Waals surface area contributed by atoms with E-state index in [-0.39, 0.29) is 35.0 Å². The number of alkyl halides is 3. The largest absolute Gasteiger partial charge is 0.508 e. The van der Waals surface area contributed by atoms with Crippen LogP contribution in [0.2, 0.25) is 0 Å². The van der Waals surface area contributed by atoms with Crippen molar-refractivity contribution < 1.29 is 27.8 Å². The van der Waals surface area contributed by atoms with Gasteiger partial charge in [0.1, 0.15) is 5.75 Å². The summed E-state index contributed by atoms with van der Waals surface area (Å²) in [6.07, 6.45) is 2.12. The SMILES string of the molecule is C[C@@H]1CC[C@]2(C)C(C(F)(F)F)=C[C@H](CCCC(=O)N3CCOCC3)[C@H]2CCCc2cc(O)ccc21. The van der Waals surface area contributed by atoms with Crippen LogP contribution in [0, 0.1) is 17.3 Å². The van der Waals surface area contributed by atoms with Crippen LogP contribution in [-0.4, -0.2) is 48.4 Å². The lowest BCUT2D eigenvalue weighted by atomic mass is 9.65. The molecule has 1 amide bonds. The Bertz CT molecular complexity index is 938. The molecule has 0 saturated carbocycles. The molecular formula is C28H38F3NO3. The van der Waals surface area contributed by atoms with Crippen LogP contribution in [0.5, 0.6) is 5.75 Å². The lowest BCUT2D eigenvalue weighted by Crippen LogP contribution is -2.40. The number of carbonyl (C=O) groups is 1. The van der Waals surface area contributed by atoms with Crippen LogP contribution >= 0.6 is 0 Å². The molecule has 0 aromatic heterocycles. The van der Waals surface area contributed by atoms with E-state index in [0.717, 1.165) is 24.0 Å². The number of fused-ring (bicyclic) bond motifs is 2. The summed E-state index contributed by atoms with van der Waals surface area (Å²) >= 11 is 0. The van der Waals surface area contributed by atoms with Gasteiger partial charge in [0, 0.05) is 30.5 Å². The Morgan fingerprint density at radius 1 is 1.23 bits per heavy atom. The van der Waals surface area contributed by atoms with Crippen molar-refractivity contribution in [2.24, 2.45) is 17.3 Å². The van der Waals surface area contributed by atoms with Crippen LogP contribution < -0.4 is 0 Å². The van der Waals surface area contributed by atoms with Crippen LogP contribution in [0.15, 0.2) is 29.8 Å². The summed E-state index contributed by atoms with van der Waals surface area (Å²) in [6, 6.07) is 5.42. The normalized spacial score (nSPS) is 29.8. The summed E-state index contributed by atoms with van der Waals surface area (Å²) in [5.41, 5.74) is 0.965. The van der Waals surface area contributed by atoms with Gasteiger partial charge in [-0.1, -0.05) is 26.0 Å². The summed E-state index contributed by atoms with van der Waals surface area (Å²) in [5, 5.41) is 9.98. The Balaban J connectivity index is 1.51. The maximum Gasteiger partial charge on any atom is 0.412 e. The number of ether oxygens (including phenoxy) is 1. The molecule has 0 spiro atoms. The van der Waals surface area contributed by atoms with Crippen molar-refractivity contribution in [1.82, 2.24) is 4.90 Å². The Labute approximate surface area is 206 Å². The molecule has 1 saturated heterocycles. The molecule has 7 heteroatoms. The number of phenols is 1. The highest BCUT2D eigenvalue weighted by atomic mass is 19.4. The maximum absolute atomic E-state index is 14.3. The van der Waals surface area contributed by atoms with Gasteiger partial charge in [-0.05, 0) is 86.0 Å². The first kappa shape index (κ1) is 26.1. The lowest BCUT2D eigenvalue weighted by molar-refractivity contribution is -0.135. The molecule has 1 aromatic rings. The zero-order valence-corrected chi connectivity index (χ0v) is 20.9. The van der Waals surface area contributed by atoms with Gasteiger partial charge < -0.3 is 14.7 Å². The summed E-state index contributed by atoms with van der Waals surface area (Å²) in [7, 11) is 0. The average molecular weight is 494 g/mol. The summed E-state index contributed by atoms with van der Waals surface area (Å²) < 4.78 is 48.1. The number of carbonyl (C=O) groups excluding carboxylic acids is 1. The molecule has 4 rings (SSSR count). The van der Waals surface area contributed by atoms with E-state index in [2.05, 4.69) is 6.92 Å². The minimum atomic E-state index is -4.34. The molecule has 0 radical (unpaired) electrons. The van der Waals surface area contributed by atoms with Crippen molar-refractivity contribution in [3.05, 3.63) is 41.0 Å². The number of halogens is 3. The van der Waals surface area contributed by atoms with E-state index in [1.54, 1.807) is 11.0 Å². The number of hydrogen-bond acceptors (Lipinski definition) is 3. The van der Waals surface area contributed by atoms with Crippen LogP contribution in [-0.2, 0) is 16.0 Å². The Morgan fingerprint density at radius 2 is 1.97 bits per heavy atom. The number of benzene rings is 1. The van der Waals surface area contributed by atoms with E-state index in [1.807, 2.05) is 19.1 Å². The van der Waals surface area contributed by atoms with Gasteiger partial charge in [0.05, 0.1) is 13.2 Å². The van der Waals surface area contributed by atoms with Gasteiger partial charge >= 0.3 is 6.18 Å². The van der Waals surface area contributed by atoms with E-state index in [4.69, 9.17) is 4.74 Å². The zero-order valence-electron chi connectivity index (χ0n) is 20.9. The maximum atomic E-state index is 14.3. The number of aryl methyl sites for hydroxylation is 1. The molecule has 0 unspecified atom stereocenters. The topological polar surface area (TPSA) is 49.8 Å². The first-order valence-corrected chi connectivity index (χ1v) is 13.1. The summed E-state index contributed by atoms with van der Waals surface area (Å²) in [4.78, 5) is 14.4. The molecule has 1 aliphatic heterocycles. The van der Waals surface area contributed by atoms with Gasteiger partial charge in [-0.3, -0.25) is 4.79 Å². The third-order valence-corrected chi connectivity index (χ3v) is 8.64. The quantitative estimate of drug-likeness (QED) is 0.495. The lowest BCUT2D eigenvalue weighted by Gasteiger charge is -2.39. The molecule has 1 N–H and O–H groups in total. The predicted molar refractivity (Wildman–Crippen MR) is 129 cm³/mol. The number of allylic oxidation sites excluding steroid dienone is 2. The third-order valence-electron chi connectivity index (χ3n) is 8.64. The van der Waals surface area contributed by atoms with Gasteiger partial charge in [0.15, 0.2) is 0 Å². The fourth-order valence-corrected chi connectivity index (χ4v) is 6.68. The van der Waals surface area contributed by atoms with Gasteiger partial charge in [-0.25, -0.2) is 0 Å². The highest BCUT2D eigenvalue weighted by Crippen LogP contribution is 2.58. The van der Waals surface area contributed by atoms with Crippen molar-refractivity contribution in [3.63, 3.8) is 0 Å². The van der Waals surface area contributed by atoms with E-state index in [1.165, 1.54) is 6.08 Å². The molecule has 2 aliphatic carbocycles. The molecule has 4 atom stereocenters. The molecule has 35 heavy (non-hydrogen) atoms. The number of nitrogens with zero attached hydrogens (tertiary/aromatic N) is 1. The Kier molecular flexibility index (Phi) is 7.84. The molecule has 1 heterocycles. The minimum absolute atomic E-state index is 0.0743. The molecule has 194 valence electrons. The molecule has 4 nitrogen and oxygen atoms in total. The van der Waals surface area contributed by atoms with E-state index >= 15 is 0 Å². The molecule has 3 aliphatic rings. The van der Waals surface area contributed by atoms with Crippen molar-refractivity contribution in [3.8, 4) is 5.75 Å². The molecule has 1 aromatic carbocycles. The van der Waals surface area contributed by atoms with Crippen molar-refractivity contribution in [1.29, 1.82) is 0 Å². The highest BCUT2D eigenvalue weighted by Gasteiger charge is 2.54. The van der Waals surface area contributed by atoms with Gasteiger partial charge in [-0.2, -0.15) is 13.2 Å². The zero-order chi connectivity index (χ0) is 25.2. The van der Waals surface area contributed by atoms with Gasteiger partial charge in [0.2, 0.25) is 5.91 Å². The van der Waals surface area contributed by atoms with E-state index < -0.39 is 11.6 Å². The van der Waals surface area contributed by atoms with Crippen molar-refractivity contribution >= 4 is 5.91 Å². The van der Waals surface area contributed by atoms with Crippen LogP contribution in [0.4, 0.5) is 13.2 Å². The van der Waals surface area contributed by atoms with Crippen LogP contribution in [0.3, 0.4) is 0 Å². The second-order valence-corrected chi connectivity index (χ2v) is 10.9. The number of phenolic OH excluding ortho intramolecular Hbond substituents is 1. The standard InChI is InChI=1S/C28H38F3NO3/c1-19-11-12-27(2)24(7-3-5-20-17-22(33)9-10-23(19)20)21(18-25(27)28(29,30)31)6-4-8-26(34)32-13-15-35-16-14-32/h9-10,17-19,21,24,33H,3-8,11-16H2,1-2H3/t19-,21+,24-,27+/m1/s1. The van der Waals surface area contributed by atoms with E-state index in [9.17, 15) is 23.1 Å². The first-order valence-electron chi connectivity index (χ1n) is 13.1. The minimum Gasteiger partial charge on any atom is -0.508 e. The Morgan fingerprint density at radius 3 is 2.69 bits per heavy atom. The monoisotopic (exact) mass is 493 g/mol. The smallest absolute Gasteiger partial charge is 0.412 e. The second-order valence-electron chi connectivity index (χ2n) is 10.9. The molecule has 0 bridgehead atoms. The fourth-order valence-electron chi connectivity index (χ4n) is 6.68. The first-order chi connectivity index (χ1) is 16.6. The number of rotatable bonds is 4. The average Bonchev–Trinajstić information content (AvgIpc) is 3.10. The summed E-state index contributed by atoms with van der Waals surface area (Å²) in [6.45, 7) is 6.18. The number of morpholine rings is 1. The van der Waals surface area contributed by atoms with Crippen molar-refractivity contribution in [2.45, 2.75) is 77.3 Å². The molecule has 1 fully saturated rings. The second kappa shape index (κ2) is 10.5. The highest BCUT2D eigenvalue weighted by molar-refractivity contribution is 5.76. The summed E-state index contributed by atoms with van der Waals surface area (Å²) in [5.74, 6) is 0.171. The van der Waals surface area contributed by atoms with Gasteiger partial charge in [-0.15, -0.1) is 0 Å². The Hall–Kier alpha value is -2.02. The predicted octanol–water partition coefficient (Wildman–Crippen LogP) is 6.38. The van der Waals surface area contributed by atoms with Crippen molar-refractivity contribution in [2.75, 3.05) is 26.3 Å². The molecular weight excluding hydrogens is 455 g/mol. The third kappa shape index (κ3) is 5.71. The van der Waals surface area contributed by atoms with Crippen LogP contribution in [0.1, 0.15) is 75.8 Å². The van der Waals surface area contributed by atoms with Gasteiger partial charge in [0.25, 0.3) is 0 Å². The van der Waals surface area contributed by atoms with E-state index in [0.29, 0.717) is 64.8 Å². The number of aromatic hydroxyl groups is 1. The number of amides is 1. The fraction of sp³-hybridized carbons (Fsp3) is 0.679. The van der Waals surface area contributed by atoms with Crippen LogP contribution in [0.25, 0.3) is 0 Å².